The summed E-state index contributed by atoms with van der Waals surface area (Å²) in [7, 11) is -3.65. The van der Waals surface area contributed by atoms with Crippen molar-refractivity contribution in [1.29, 1.82) is 0 Å². The van der Waals surface area contributed by atoms with Crippen LogP contribution in [0.5, 0.6) is 0 Å². The highest BCUT2D eigenvalue weighted by Crippen LogP contribution is 2.38. The molecule has 9 heteroatoms. The lowest BCUT2D eigenvalue weighted by molar-refractivity contribution is -0.121. The number of carbonyl (C=O) groups is 1. The molecule has 0 bridgehead atoms. The van der Waals surface area contributed by atoms with Gasteiger partial charge in [-0.15, -0.1) is 0 Å². The van der Waals surface area contributed by atoms with Gasteiger partial charge in [-0.1, -0.05) is 17.3 Å². The maximum absolute atomic E-state index is 12.4. The predicted molar refractivity (Wildman–Crippen MR) is 93.8 cm³/mol. The number of hydrogen-bond donors (Lipinski definition) is 2. The molecule has 1 heterocycles. The zero-order valence-corrected chi connectivity index (χ0v) is 15.6. The Morgan fingerprint density at radius 3 is 2.81 bits per heavy atom. The van der Waals surface area contributed by atoms with Crippen molar-refractivity contribution in [2.75, 3.05) is 6.54 Å². The van der Waals surface area contributed by atoms with Crippen LogP contribution < -0.4 is 10.0 Å². The van der Waals surface area contributed by atoms with Gasteiger partial charge in [0.2, 0.25) is 21.8 Å². The van der Waals surface area contributed by atoms with Crippen LogP contribution in [0.4, 0.5) is 0 Å². The predicted octanol–water partition coefficient (Wildman–Crippen LogP) is 1.55. The molecule has 0 aliphatic heterocycles. The van der Waals surface area contributed by atoms with E-state index in [1.807, 2.05) is 13.0 Å². The second kappa shape index (κ2) is 7.55. The van der Waals surface area contributed by atoms with Crippen LogP contribution in [0.25, 0.3) is 0 Å². The SMILES string of the molecule is Cc1ccc(C)c(S(=O)(=O)NCCC(=O)NCc2nc(C3CC3)no2)c1. The van der Waals surface area contributed by atoms with E-state index in [1.165, 1.54) is 0 Å². The lowest BCUT2D eigenvalue weighted by Crippen LogP contribution is -2.31. The third-order valence-corrected chi connectivity index (χ3v) is 5.74. The number of aromatic nitrogens is 2. The van der Waals surface area contributed by atoms with Gasteiger partial charge in [-0.25, -0.2) is 13.1 Å². The van der Waals surface area contributed by atoms with Gasteiger partial charge in [0.1, 0.15) is 0 Å². The molecule has 3 rings (SSSR count). The summed E-state index contributed by atoms with van der Waals surface area (Å²) in [5.41, 5.74) is 1.52. The van der Waals surface area contributed by atoms with Crippen LogP contribution in [-0.2, 0) is 21.4 Å². The van der Waals surface area contributed by atoms with E-state index in [0.717, 1.165) is 18.4 Å². The molecule has 1 aliphatic rings. The van der Waals surface area contributed by atoms with Gasteiger partial charge in [0.25, 0.3) is 0 Å². The van der Waals surface area contributed by atoms with Crippen molar-refractivity contribution < 1.29 is 17.7 Å². The van der Waals surface area contributed by atoms with Gasteiger partial charge in [0.15, 0.2) is 5.82 Å². The summed E-state index contributed by atoms with van der Waals surface area (Å²) in [6.07, 6.45) is 2.17. The Kier molecular flexibility index (Phi) is 5.38. The number of carbonyl (C=O) groups excluding carboxylic acids is 1. The minimum atomic E-state index is -3.65. The van der Waals surface area contributed by atoms with E-state index in [0.29, 0.717) is 23.2 Å². The van der Waals surface area contributed by atoms with Crippen LogP contribution >= 0.6 is 0 Å². The number of aryl methyl sites for hydroxylation is 2. The molecule has 1 saturated carbocycles. The lowest BCUT2D eigenvalue weighted by atomic mass is 10.2. The normalized spacial score (nSPS) is 14.4. The van der Waals surface area contributed by atoms with E-state index in [-0.39, 0.29) is 30.3 Å². The topological polar surface area (TPSA) is 114 Å². The van der Waals surface area contributed by atoms with E-state index in [1.54, 1.807) is 19.1 Å². The summed E-state index contributed by atoms with van der Waals surface area (Å²) >= 11 is 0. The molecule has 26 heavy (non-hydrogen) atoms. The first kappa shape index (κ1) is 18.5. The Labute approximate surface area is 152 Å². The highest BCUT2D eigenvalue weighted by atomic mass is 32.2. The third kappa shape index (κ3) is 4.67. The zero-order valence-electron chi connectivity index (χ0n) is 14.8. The van der Waals surface area contributed by atoms with Crippen molar-refractivity contribution in [2.45, 2.75) is 50.5 Å². The Balaban J connectivity index is 1.45. The quantitative estimate of drug-likeness (QED) is 0.720. The van der Waals surface area contributed by atoms with Crippen molar-refractivity contribution in [2.24, 2.45) is 0 Å². The largest absolute Gasteiger partial charge is 0.347 e. The minimum Gasteiger partial charge on any atom is -0.347 e. The number of hydrogen-bond acceptors (Lipinski definition) is 6. The second-order valence-corrected chi connectivity index (χ2v) is 8.25. The summed E-state index contributed by atoms with van der Waals surface area (Å²) in [4.78, 5) is 16.3. The van der Waals surface area contributed by atoms with Crippen molar-refractivity contribution in [3.05, 3.63) is 41.0 Å². The fourth-order valence-corrected chi connectivity index (χ4v) is 3.84. The van der Waals surface area contributed by atoms with Crippen molar-refractivity contribution in [1.82, 2.24) is 20.2 Å². The molecule has 1 aromatic carbocycles. The van der Waals surface area contributed by atoms with Gasteiger partial charge >= 0.3 is 0 Å². The van der Waals surface area contributed by atoms with Crippen LogP contribution in [0.15, 0.2) is 27.6 Å². The number of nitrogens with zero attached hydrogens (tertiary/aromatic N) is 2. The van der Waals surface area contributed by atoms with Crippen molar-refractivity contribution >= 4 is 15.9 Å². The first-order valence-electron chi connectivity index (χ1n) is 8.51. The molecule has 1 fully saturated rings. The monoisotopic (exact) mass is 378 g/mol. The van der Waals surface area contributed by atoms with Gasteiger partial charge in [-0.05, 0) is 43.9 Å². The molecule has 0 saturated heterocycles. The maximum atomic E-state index is 12.4. The summed E-state index contributed by atoms with van der Waals surface area (Å²) in [6.45, 7) is 3.72. The second-order valence-electron chi connectivity index (χ2n) is 6.51. The van der Waals surface area contributed by atoms with Crippen molar-refractivity contribution in [3.8, 4) is 0 Å². The van der Waals surface area contributed by atoms with Gasteiger partial charge < -0.3 is 9.84 Å². The van der Waals surface area contributed by atoms with Crippen LogP contribution in [0.2, 0.25) is 0 Å². The van der Waals surface area contributed by atoms with Gasteiger partial charge in [-0.3, -0.25) is 4.79 Å². The van der Waals surface area contributed by atoms with Crippen LogP contribution in [0.1, 0.15) is 48.0 Å². The van der Waals surface area contributed by atoms with Crippen LogP contribution in [0, 0.1) is 13.8 Å². The first-order valence-corrected chi connectivity index (χ1v) is 9.99. The molecule has 140 valence electrons. The van der Waals surface area contributed by atoms with E-state index in [4.69, 9.17) is 4.52 Å². The minimum absolute atomic E-state index is 0.0126. The number of sulfonamides is 1. The molecule has 0 radical (unpaired) electrons. The average Bonchev–Trinajstić information content (AvgIpc) is 3.33. The Bertz CT molecular complexity index is 903. The Morgan fingerprint density at radius 1 is 1.31 bits per heavy atom. The fourth-order valence-electron chi connectivity index (χ4n) is 2.48. The summed E-state index contributed by atoms with van der Waals surface area (Å²) in [6, 6.07) is 5.23. The zero-order chi connectivity index (χ0) is 18.7. The number of nitrogens with one attached hydrogen (secondary N) is 2. The number of rotatable bonds is 8. The number of benzene rings is 1. The molecule has 2 aromatic rings. The van der Waals surface area contributed by atoms with E-state index < -0.39 is 10.0 Å². The van der Waals surface area contributed by atoms with Crippen LogP contribution in [-0.4, -0.2) is 31.0 Å². The standard InChI is InChI=1S/C17H22N4O4S/c1-11-3-4-12(2)14(9-11)26(23,24)19-8-7-15(22)18-10-16-20-17(21-25-16)13-5-6-13/h3-4,9,13,19H,5-8,10H2,1-2H3,(H,18,22). The average molecular weight is 378 g/mol. The molecule has 1 aliphatic carbocycles. The lowest BCUT2D eigenvalue weighted by Gasteiger charge is -2.10. The molecule has 8 nitrogen and oxygen atoms in total. The molecule has 0 spiro atoms. The molecular weight excluding hydrogens is 356 g/mol. The molecule has 1 aromatic heterocycles. The van der Waals surface area contributed by atoms with Gasteiger partial charge in [0, 0.05) is 18.9 Å². The van der Waals surface area contributed by atoms with Crippen molar-refractivity contribution in [3.63, 3.8) is 0 Å². The number of amides is 1. The Morgan fingerprint density at radius 2 is 2.08 bits per heavy atom. The van der Waals surface area contributed by atoms with E-state index in [9.17, 15) is 13.2 Å². The smallest absolute Gasteiger partial charge is 0.246 e. The molecule has 1 amide bonds. The highest BCUT2D eigenvalue weighted by molar-refractivity contribution is 7.89. The van der Waals surface area contributed by atoms with E-state index >= 15 is 0 Å². The summed E-state index contributed by atoms with van der Waals surface area (Å²) in [5, 5.41) is 6.52. The molecule has 0 atom stereocenters. The molecule has 2 N–H and O–H groups in total. The third-order valence-electron chi connectivity index (χ3n) is 4.14. The summed E-state index contributed by atoms with van der Waals surface area (Å²) < 4.78 is 32.3. The first-order chi connectivity index (χ1) is 12.3. The van der Waals surface area contributed by atoms with Gasteiger partial charge in [0.05, 0.1) is 11.4 Å². The van der Waals surface area contributed by atoms with E-state index in [2.05, 4.69) is 20.2 Å². The fraction of sp³-hybridized carbons (Fsp3) is 0.471. The maximum Gasteiger partial charge on any atom is 0.246 e. The Hall–Kier alpha value is -2.26. The highest BCUT2D eigenvalue weighted by Gasteiger charge is 2.28. The van der Waals surface area contributed by atoms with Crippen LogP contribution in [0.3, 0.4) is 0 Å². The summed E-state index contributed by atoms with van der Waals surface area (Å²) in [5.74, 6) is 1.15. The molecular formula is C17H22N4O4S. The van der Waals surface area contributed by atoms with Gasteiger partial charge in [-0.2, -0.15) is 4.98 Å². The molecule has 0 unspecified atom stereocenters.